The van der Waals surface area contributed by atoms with Crippen LogP contribution in [0.5, 0.6) is 0 Å². The summed E-state index contributed by atoms with van der Waals surface area (Å²) in [6, 6.07) is 1.08. The molecule has 0 saturated carbocycles. The van der Waals surface area contributed by atoms with Gasteiger partial charge in [0.25, 0.3) is 5.69 Å². The molecule has 8 heteroatoms. The number of pyridine rings is 1. The van der Waals surface area contributed by atoms with E-state index in [4.69, 9.17) is 5.11 Å². The van der Waals surface area contributed by atoms with E-state index < -0.39 is 10.9 Å². The molecule has 0 fully saturated rings. The lowest BCUT2D eigenvalue weighted by atomic mass is 10.1. The number of carboxylic acid groups (broad SMARTS) is 1. The van der Waals surface area contributed by atoms with Crippen LogP contribution in [-0.2, 0) is 4.79 Å². The van der Waals surface area contributed by atoms with Gasteiger partial charge in [0, 0.05) is 12.1 Å². The lowest BCUT2D eigenvalue weighted by molar-refractivity contribution is -0.385. The van der Waals surface area contributed by atoms with Gasteiger partial charge in [-0.05, 0) is 22.4 Å². The molecule has 0 aliphatic carbocycles. The molecule has 0 aliphatic rings. The van der Waals surface area contributed by atoms with Gasteiger partial charge >= 0.3 is 5.97 Å². The molecule has 0 saturated heterocycles. The molecule has 1 atom stereocenters. The van der Waals surface area contributed by atoms with Crippen LogP contribution in [0.25, 0.3) is 0 Å². The van der Waals surface area contributed by atoms with Crippen molar-refractivity contribution in [1.82, 2.24) is 4.98 Å². The maximum atomic E-state index is 10.7. The first-order valence-corrected chi connectivity index (χ1v) is 6.51. The number of aromatic nitrogens is 1. The Labute approximate surface area is 118 Å². The third kappa shape index (κ3) is 4.82. The lowest BCUT2D eigenvalue weighted by Gasteiger charge is -2.17. The zero-order valence-electron chi connectivity index (χ0n) is 10.3. The van der Waals surface area contributed by atoms with Crippen molar-refractivity contribution in [2.24, 2.45) is 0 Å². The number of rotatable bonds is 7. The van der Waals surface area contributed by atoms with Crippen LogP contribution in [0.2, 0.25) is 0 Å². The van der Waals surface area contributed by atoms with E-state index in [2.05, 4.69) is 26.2 Å². The maximum Gasteiger partial charge on any atom is 0.305 e. The Morgan fingerprint density at radius 2 is 2.37 bits per heavy atom. The monoisotopic (exact) mass is 331 g/mol. The summed E-state index contributed by atoms with van der Waals surface area (Å²) < 4.78 is 0.438. The molecule has 0 bridgehead atoms. The maximum absolute atomic E-state index is 10.7. The highest BCUT2D eigenvalue weighted by Crippen LogP contribution is 2.25. The number of nitrogens with zero attached hydrogens (tertiary/aromatic N) is 2. The van der Waals surface area contributed by atoms with E-state index in [0.717, 1.165) is 12.6 Å². The fourth-order valence-corrected chi connectivity index (χ4v) is 2.06. The smallest absolute Gasteiger partial charge is 0.305 e. The normalized spacial score (nSPS) is 11.9. The van der Waals surface area contributed by atoms with Crippen molar-refractivity contribution >= 4 is 33.4 Å². The number of hydrogen-bond donors (Lipinski definition) is 2. The van der Waals surface area contributed by atoms with Gasteiger partial charge in [-0.25, -0.2) is 4.98 Å². The first kappa shape index (κ1) is 15.4. The molecule has 1 unspecified atom stereocenters. The van der Waals surface area contributed by atoms with Crippen LogP contribution in [0, 0.1) is 10.1 Å². The summed E-state index contributed by atoms with van der Waals surface area (Å²) in [6.07, 6.45) is 2.61. The fraction of sp³-hybridized carbons (Fsp3) is 0.455. The highest BCUT2D eigenvalue weighted by Gasteiger charge is 2.16. The number of carboxylic acids is 1. The van der Waals surface area contributed by atoms with Crippen LogP contribution in [0.1, 0.15) is 26.2 Å². The molecule has 104 valence electrons. The second kappa shape index (κ2) is 7.03. The number of nitro groups is 1. The van der Waals surface area contributed by atoms with Gasteiger partial charge in [0.15, 0.2) is 0 Å². The van der Waals surface area contributed by atoms with Gasteiger partial charge in [0.05, 0.1) is 15.8 Å². The largest absolute Gasteiger partial charge is 0.481 e. The first-order chi connectivity index (χ1) is 8.93. The molecule has 2 N–H and O–H groups in total. The van der Waals surface area contributed by atoms with Crippen LogP contribution in [-0.4, -0.2) is 27.0 Å². The Balaban J connectivity index is 2.84. The predicted molar refractivity (Wildman–Crippen MR) is 73.2 cm³/mol. The first-order valence-electron chi connectivity index (χ1n) is 5.72. The minimum Gasteiger partial charge on any atom is -0.481 e. The van der Waals surface area contributed by atoms with Crippen molar-refractivity contribution in [3.63, 3.8) is 0 Å². The van der Waals surface area contributed by atoms with Gasteiger partial charge in [0.1, 0.15) is 12.0 Å². The van der Waals surface area contributed by atoms with Gasteiger partial charge < -0.3 is 10.4 Å². The van der Waals surface area contributed by atoms with E-state index in [0.29, 0.717) is 16.7 Å². The second-order valence-electron chi connectivity index (χ2n) is 4.01. The number of carbonyl (C=O) groups is 1. The predicted octanol–water partition coefficient (Wildman–Crippen LogP) is 2.81. The van der Waals surface area contributed by atoms with E-state index in [1.165, 1.54) is 6.07 Å². The minimum atomic E-state index is -0.899. The third-order valence-electron chi connectivity index (χ3n) is 2.44. The van der Waals surface area contributed by atoms with E-state index >= 15 is 0 Å². The van der Waals surface area contributed by atoms with Gasteiger partial charge in [-0.15, -0.1) is 0 Å². The molecular formula is C11H14BrN3O4. The molecular weight excluding hydrogens is 318 g/mol. The number of anilines is 1. The van der Waals surface area contributed by atoms with Crippen molar-refractivity contribution in [3.05, 3.63) is 26.9 Å². The van der Waals surface area contributed by atoms with Crippen LogP contribution >= 0.6 is 15.9 Å². The van der Waals surface area contributed by atoms with Crippen molar-refractivity contribution in [3.8, 4) is 0 Å². The summed E-state index contributed by atoms with van der Waals surface area (Å²) in [6.45, 7) is 1.95. The summed E-state index contributed by atoms with van der Waals surface area (Å²) in [5.41, 5.74) is -0.122. The summed E-state index contributed by atoms with van der Waals surface area (Å²) in [5.74, 6) is -0.491. The molecule has 0 amide bonds. The minimum absolute atomic E-state index is 0.0288. The van der Waals surface area contributed by atoms with E-state index in [1.54, 1.807) is 0 Å². The molecule has 1 heterocycles. The summed E-state index contributed by atoms with van der Waals surface area (Å²) >= 11 is 3.18. The summed E-state index contributed by atoms with van der Waals surface area (Å²) in [4.78, 5) is 24.7. The standard InChI is InChI=1S/C11H14BrN3O4/c1-2-3-7(4-10(16)17)14-11-9(12)5-8(6-13-11)15(18)19/h5-7H,2-4H2,1H3,(H,13,14)(H,16,17). The SMILES string of the molecule is CCCC(CC(=O)O)Nc1ncc([N+](=O)[O-])cc1Br. The number of hydrogen-bond acceptors (Lipinski definition) is 5. The van der Waals surface area contributed by atoms with Crippen molar-refractivity contribution in [2.75, 3.05) is 5.32 Å². The van der Waals surface area contributed by atoms with Crippen molar-refractivity contribution in [1.29, 1.82) is 0 Å². The Morgan fingerprint density at radius 3 is 2.84 bits per heavy atom. The number of aliphatic carboxylic acids is 1. The Morgan fingerprint density at radius 1 is 1.68 bits per heavy atom. The molecule has 1 rings (SSSR count). The number of halogens is 1. The highest BCUT2D eigenvalue weighted by atomic mass is 79.9. The van der Waals surface area contributed by atoms with Gasteiger partial charge in [-0.1, -0.05) is 13.3 Å². The fourth-order valence-electron chi connectivity index (χ4n) is 1.61. The van der Waals surface area contributed by atoms with Gasteiger partial charge in [0.2, 0.25) is 0 Å². The zero-order chi connectivity index (χ0) is 14.4. The molecule has 1 aromatic rings. The molecule has 19 heavy (non-hydrogen) atoms. The molecule has 0 aromatic carbocycles. The summed E-state index contributed by atoms with van der Waals surface area (Å²) in [5, 5.41) is 22.4. The molecule has 0 spiro atoms. The van der Waals surface area contributed by atoms with E-state index in [-0.39, 0.29) is 18.2 Å². The van der Waals surface area contributed by atoms with Crippen LogP contribution in [0.4, 0.5) is 11.5 Å². The van der Waals surface area contributed by atoms with Crippen LogP contribution in [0.15, 0.2) is 16.7 Å². The van der Waals surface area contributed by atoms with Crippen molar-refractivity contribution < 1.29 is 14.8 Å². The molecule has 7 nitrogen and oxygen atoms in total. The molecule has 0 aliphatic heterocycles. The molecule has 1 aromatic heterocycles. The Bertz CT molecular complexity index is 481. The average molecular weight is 332 g/mol. The summed E-state index contributed by atoms with van der Waals surface area (Å²) in [7, 11) is 0. The Hall–Kier alpha value is -1.70. The highest BCUT2D eigenvalue weighted by molar-refractivity contribution is 9.10. The zero-order valence-corrected chi connectivity index (χ0v) is 11.9. The van der Waals surface area contributed by atoms with Gasteiger partial charge in [-0.2, -0.15) is 0 Å². The topological polar surface area (TPSA) is 105 Å². The van der Waals surface area contributed by atoms with Crippen LogP contribution in [0.3, 0.4) is 0 Å². The average Bonchev–Trinajstić information content (AvgIpc) is 2.31. The lowest BCUT2D eigenvalue weighted by Crippen LogP contribution is -2.23. The van der Waals surface area contributed by atoms with Crippen LogP contribution < -0.4 is 5.32 Å². The Kier molecular flexibility index (Phi) is 5.68. The second-order valence-corrected chi connectivity index (χ2v) is 4.86. The third-order valence-corrected chi connectivity index (χ3v) is 3.04. The number of nitrogens with one attached hydrogen (secondary N) is 1. The van der Waals surface area contributed by atoms with E-state index in [9.17, 15) is 14.9 Å². The van der Waals surface area contributed by atoms with Crippen molar-refractivity contribution in [2.45, 2.75) is 32.2 Å². The van der Waals surface area contributed by atoms with Gasteiger partial charge in [-0.3, -0.25) is 14.9 Å². The quantitative estimate of drug-likeness (QED) is 0.587. The molecule has 0 radical (unpaired) electrons. The van der Waals surface area contributed by atoms with E-state index in [1.807, 2.05) is 6.92 Å².